The van der Waals surface area contributed by atoms with Crippen LogP contribution in [0.5, 0.6) is 5.75 Å². The lowest BCUT2D eigenvalue weighted by Crippen LogP contribution is -2.12. The summed E-state index contributed by atoms with van der Waals surface area (Å²) in [5.41, 5.74) is 4.55. The largest absolute Gasteiger partial charge is 0.497 e. The van der Waals surface area contributed by atoms with Gasteiger partial charge in [0.1, 0.15) is 17.9 Å². The van der Waals surface area contributed by atoms with E-state index in [9.17, 15) is 13.2 Å². The highest BCUT2D eigenvalue weighted by Crippen LogP contribution is 2.38. The third-order valence-electron chi connectivity index (χ3n) is 2.52. The van der Waals surface area contributed by atoms with Gasteiger partial charge in [0.15, 0.2) is 5.69 Å². The zero-order valence-electron chi connectivity index (χ0n) is 9.90. The van der Waals surface area contributed by atoms with Gasteiger partial charge < -0.3 is 10.5 Å². The average molecular weight is 269 g/mol. The van der Waals surface area contributed by atoms with Crippen molar-refractivity contribution in [2.75, 3.05) is 12.8 Å². The Kier molecular flexibility index (Phi) is 3.28. The third-order valence-corrected chi connectivity index (χ3v) is 2.52. The molecule has 0 unspecified atom stereocenters. The average Bonchev–Trinajstić information content (AvgIpc) is 2.37. The second kappa shape index (κ2) is 4.75. The van der Waals surface area contributed by atoms with Crippen molar-refractivity contribution in [1.82, 2.24) is 9.97 Å². The molecule has 1 aromatic heterocycles. The number of aromatic nitrogens is 2. The highest BCUT2D eigenvalue weighted by molar-refractivity contribution is 5.76. The number of methoxy groups -OCH3 is 1. The monoisotopic (exact) mass is 269 g/mol. The molecule has 0 atom stereocenters. The van der Waals surface area contributed by atoms with Crippen molar-refractivity contribution >= 4 is 5.82 Å². The van der Waals surface area contributed by atoms with Crippen LogP contribution >= 0.6 is 0 Å². The molecule has 100 valence electrons. The van der Waals surface area contributed by atoms with Crippen molar-refractivity contribution in [3.05, 3.63) is 36.3 Å². The first-order valence-electron chi connectivity index (χ1n) is 5.25. The van der Waals surface area contributed by atoms with Crippen molar-refractivity contribution in [2.45, 2.75) is 6.18 Å². The normalized spacial score (nSPS) is 11.4. The Bertz CT molecular complexity index is 582. The van der Waals surface area contributed by atoms with Gasteiger partial charge in [-0.05, 0) is 17.7 Å². The van der Waals surface area contributed by atoms with E-state index in [0.29, 0.717) is 5.75 Å². The molecule has 0 bridgehead atoms. The van der Waals surface area contributed by atoms with E-state index in [1.165, 1.54) is 19.2 Å². The van der Waals surface area contributed by atoms with Gasteiger partial charge in [-0.2, -0.15) is 13.2 Å². The molecule has 2 rings (SSSR count). The van der Waals surface area contributed by atoms with E-state index in [-0.39, 0.29) is 16.9 Å². The molecule has 0 saturated carbocycles. The summed E-state index contributed by atoms with van der Waals surface area (Å²) in [5, 5.41) is 0. The minimum Gasteiger partial charge on any atom is -0.497 e. The maximum Gasteiger partial charge on any atom is 0.434 e. The van der Waals surface area contributed by atoms with Gasteiger partial charge in [0.25, 0.3) is 0 Å². The Hall–Kier alpha value is -2.31. The molecule has 0 aliphatic carbocycles. The maximum atomic E-state index is 12.9. The molecule has 4 nitrogen and oxygen atoms in total. The molecule has 0 aliphatic heterocycles. The highest BCUT2D eigenvalue weighted by atomic mass is 19.4. The fraction of sp³-hybridized carbons (Fsp3) is 0.167. The van der Waals surface area contributed by atoms with E-state index in [2.05, 4.69) is 9.97 Å². The van der Waals surface area contributed by atoms with Crippen molar-refractivity contribution in [3.63, 3.8) is 0 Å². The summed E-state index contributed by atoms with van der Waals surface area (Å²) in [6.45, 7) is 0. The van der Waals surface area contributed by atoms with Crippen LogP contribution in [0.4, 0.5) is 19.0 Å². The predicted octanol–water partition coefficient (Wildman–Crippen LogP) is 2.75. The SMILES string of the molecule is COc1ccc(-c2c(N)ncnc2C(F)(F)F)cc1. The minimum absolute atomic E-state index is 0.215. The van der Waals surface area contributed by atoms with Crippen LogP contribution in [0.3, 0.4) is 0 Å². The number of nitrogens with zero attached hydrogens (tertiary/aromatic N) is 2. The van der Waals surface area contributed by atoms with Gasteiger partial charge in [-0.25, -0.2) is 9.97 Å². The van der Waals surface area contributed by atoms with Crippen LogP contribution in [0.2, 0.25) is 0 Å². The van der Waals surface area contributed by atoms with Crippen LogP contribution < -0.4 is 10.5 Å². The zero-order chi connectivity index (χ0) is 14.0. The smallest absolute Gasteiger partial charge is 0.434 e. The van der Waals surface area contributed by atoms with Crippen LogP contribution in [0.25, 0.3) is 11.1 Å². The van der Waals surface area contributed by atoms with Gasteiger partial charge in [0.2, 0.25) is 0 Å². The van der Waals surface area contributed by atoms with Gasteiger partial charge >= 0.3 is 6.18 Å². The second-order valence-corrected chi connectivity index (χ2v) is 3.71. The van der Waals surface area contributed by atoms with Crippen molar-refractivity contribution in [2.24, 2.45) is 0 Å². The van der Waals surface area contributed by atoms with E-state index in [1.54, 1.807) is 12.1 Å². The molecule has 2 N–H and O–H groups in total. The molecule has 0 radical (unpaired) electrons. The Labute approximate surface area is 107 Å². The highest BCUT2D eigenvalue weighted by Gasteiger charge is 2.36. The molecule has 1 heterocycles. The zero-order valence-corrected chi connectivity index (χ0v) is 9.90. The molecule has 0 aliphatic rings. The van der Waals surface area contributed by atoms with Gasteiger partial charge in [-0.1, -0.05) is 12.1 Å². The second-order valence-electron chi connectivity index (χ2n) is 3.71. The summed E-state index contributed by atoms with van der Waals surface area (Å²) in [6, 6.07) is 6.04. The summed E-state index contributed by atoms with van der Waals surface area (Å²) < 4.78 is 43.6. The molecule has 0 saturated heterocycles. The summed E-state index contributed by atoms with van der Waals surface area (Å²) >= 11 is 0. The fourth-order valence-electron chi connectivity index (χ4n) is 1.66. The molecule has 0 fully saturated rings. The number of hydrogen-bond donors (Lipinski definition) is 1. The first-order valence-corrected chi connectivity index (χ1v) is 5.25. The van der Waals surface area contributed by atoms with E-state index in [0.717, 1.165) is 6.33 Å². The predicted molar refractivity (Wildman–Crippen MR) is 63.4 cm³/mol. The van der Waals surface area contributed by atoms with E-state index in [4.69, 9.17) is 10.5 Å². The third kappa shape index (κ3) is 2.59. The number of benzene rings is 1. The number of nitrogen functional groups attached to an aromatic ring is 1. The van der Waals surface area contributed by atoms with E-state index < -0.39 is 11.9 Å². The Morgan fingerprint density at radius 1 is 1.11 bits per heavy atom. The minimum atomic E-state index is -4.59. The van der Waals surface area contributed by atoms with Gasteiger partial charge in [0, 0.05) is 0 Å². The lowest BCUT2D eigenvalue weighted by atomic mass is 10.0. The quantitative estimate of drug-likeness (QED) is 0.910. The van der Waals surface area contributed by atoms with Crippen molar-refractivity contribution in [3.8, 4) is 16.9 Å². The van der Waals surface area contributed by atoms with Crippen molar-refractivity contribution in [1.29, 1.82) is 0 Å². The Morgan fingerprint density at radius 3 is 2.26 bits per heavy atom. The van der Waals surface area contributed by atoms with E-state index in [1.807, 2.05) is 0 Å². The van der Waals surface area contributed by atoms with Gasteiger partial charge in [0.05, 0.1) is 12.7 Å². The van der Waals surface area contributed by atoms with Crippen LogP contribution in [0.15, 0.2) is 30.6 Å². The lowest BCUT2D eigenvalue weighted by Gasteiger charge is -2.13. The van der Waals surface area contributed by atoms with Gasteiger partial charge in [-0.15, -0.1) is 0 Å². The van der Waals surface area contributed by atoms with Crippen LogP contribution in [0.1, 0.15) is 5.69 Å². The number of hydrogen-bond acceptors (Lipinski definition) is 4. The molecule has 7 heteroatoms. The summed E-state index contributed by atoms with van der Waals surface area (Å²) in [5.74, 6) is 0.320. The number of anilines is 1. The Balaban J connectivity index is 2.60. The molecular weight excluding hydrogens is 259 g/mol. The number of halogens is 3. The molecule has 0 amide bonds. The number of rotatable bonds is 2. The van der Waals surface area contributed by atoms with Crippen LogP contribution in [-0.2, 0) is 6.18 Å². The standard InChI is InChI=1S/C12H10F3N3O/c1-19-8-4-2-7(3-5-8)9-10(12(13,14)15)17-6-18-11(9)16/h2-6H,1H3,(H2,16,17,18). The summed E-state index contributed by atoms with van der Waals surface area (Å²) in [4.78, 5) is 6.89. The summed E-state index contributed by atoms with van der Waals surface area (Å²) in [6.07, 6.45) is -3.79. The summed E-state index contributed by atoms with van der Waals surface area (Å²) in [7, 11) is 1.47. The first kappa shape index (κ1) is 13.1. The van der Waals surface area contributed by atoms with Crippen LogP contribution in [0, 0.1) is 0 Å². The molecule has 2 aromatic rings. The van der Waals surface area contributed by atoms with Crippen molar-refractivity contribution < 1.29 is 17.9 Å². The topological polar surface area (TPSA) is 61.0 Å². The fourth-order valence-corrected chi connectivity index (χ4v) is 1.66. The number of alkyl halides is 3. The van der Waals surface area contributed by atoms with E-state index >= 15 is 0 Å². The lowest BCUT2D eigenvalue weighted by molar-refractivity contribution is -0.140. The maximum absolute atomic E-state index is 12.9. The van der Waals surface area contributed by atoms with Gasteiger partial charge in [-0.3, -0.25) is 0 Å². The number of nitrogens with two attached hydrogens (primary N) is 1. The number of ether oxygens (including phenoxy) is 1. The molecular formula is C12H10F3N3O. The molecule has 19 heavy (non-hydrogen) atoms. The van der Waals surface area contributed by atoms with Crippen LogP contribution in [-0.4, -0.2) is 17.1 Å². The Morgan fingerprint density at radius 2 is 1.74 bits per heavy atom. The molecule has 1 aromatic carbocycles. The molecule has 0 spiro atoms. The first-order chi connectivity index (χ1) is 8.93.